The molecule has 2 amide bonds. The summed E-state index contributed by atoms with van der Waals surface area (Å²) in [5.74, 6) is -0.666. The lowest BCUT2D eigenvalue weighted by Crippen LogP contribution is -2.53. The molecule has 1 N–H and O–H groups in total. The third kappa shape index (κ3) is 7.55. The monoisotopic (exact) mass is 575 g/mol. The standard InChI is InChI=1S/C33H41N3O4S/c1-24-19-25(2)21-30(20-24)36(41(39,40)31-17-9-6-10-18-31)23-32(37)35(22-28-14-12-11-13-26(28)3)27(4)33(38)34-29-15-7-5-8-16-29/h6,9-14,17-21,27,29H,5,7-8,15-16,22-23H2,1-4H3,(H,34,38). The number of carbonyl (C=O) groups excluding carboxylic acids is 2. The molecule has 7 nitrogen and oxygen atoms in total. The summed E-state index contributed by atoms with van der Waals surface area (Å²) in [6.07, 6.45) is 5.19. The van der Waals surface area contributed by atoms with E-state index in [1.807, 2.05) is 51.1 Å². The van der Waals surface area contributed by atoms with E-state index in [0.29, 0.717) is 5.69 Å². The number of hydrogen-bond acceptors (Lipinski definition) is 4. The largest absolute Gasteiger partial charge is 0.352 e. The van der Waals surface area contributed by atoms with Crippen molar-refractivity contribution in [3.63, 3.8) is 0 Å². The van der Waals surface area contributed by atoms with Crippen molar-refractivity contribution in [2.24, 2.45) is 0 Å². The summed E-state index contributed by atoms with van der Waals surface area (Å²) in [7, 11) is -4.08. The molecule has 1 fully saturated rings. The van der Waals surface area contributed by atoms with Crippen molar-refractivity contribution in [2.75, 3.05) is 10.8 Å². The highest BCUT2D eigenvalue weighted by Gasteiger charge is 2.33. The van der Waals surface area contributed by atoms with Crippen molar-refractivity contribution in [3.8, 4) is 0 Å². The normalized spacial score (nSPS) is 14.7. The molecule has 218 valence electrons. The fourth-order valence-corrected chi connectivity index (χ4v) is 6.88. The minimum Gasteiger partial charge on any atom is -0.352 e. The molecule has 8 heteroatoms. The van der Waals surface area contributed by atoms with Crippen LogP contribution >= 0.6 is 0 Å². The number of nitrogens with one attached hydrogen (secondary N) is 1. The van der Waals surface area contributed by atoms with Crippen LogP contribution in [0.2, 0.25) is 0 Å². The Labute approximate surface area is 244 Å². The second-order valence-corrected chi connectivity index (χ2v) is 13.0. The van der Waals surface area contributed by atoms with Crippen LogP contribution in [0.25, 0.3) is 0 Å². The van der Waals surface area contributed by atoms with Gasteiger partial charge in [0.05, 0.1) is 10.6 Å². The SMILES string of the molecule is Cc1cc(C)cc(N(CC(=O)N(Cc2ccccc2C)C(C)C(=O)NC2CCCCC2)S(=O)(=O)c2ccccc2)c1. The van der Waals surface area contributed by atoms with E-state index in [-0.39, 0.29) is 23.4 Å². The van der Waals surface area contributed by atoms with Crippen LogP contribution in [-0.2, 0) is 26.2 Å². The minimum atomic E-state index is -4.08. The molecule has 1 aliphatic rings. The third-order valence-corrected chi connectivity index (χ3v) is 9.61. The van der Waals surface area contributed by atoms with Crippen LogP contribution in [0.3, 0.4) is 0 Å². The number of carbonyl (C=O) groups is 2. The maximum Gasteiger partial charge on any atom is 0.264 e. The van der Waals surface area contributed by atoms with Gasteiger partial charge in [-0.3, -0.25) is 13.9 Å². The lowest BCUT2D eigenvalue weighted by Gasteiger charge is -2.33. The molecule has 1 atom stereocenters. The summed E-state index contributed by atoms with van der Waals surface area (Å²) in [4.78, 5) is 29.2. The van der Waals surface area contributed by atoms with Crippen LogP contribution in [0.4, 0.5) is 5.69 Å². The van der Waals surface area contributed by atoms with Crippen molar-refractivity contribution in [3.05, 3.63) is 95.1 Å². The van der Waals surface area contributed by atoms with Crippen LogP contribution in [-0.4, -0.2) is 43.8 Å². The Balaban J connectivity index is 1.70. The van der Waals surface area contributed by atoms with Gasteiger partial charge in [0, 0.05) is 12.6 Å². The summed E-state index contributed by atoms with van der Waals surface area (Å²) in [5, 5.41) is 3.15. The summed E-state index contributed by atoms with van der Waals surface area (Å²) in [6.45, 7) is 7.24. The second-order valence-electron chi connectivity index (χ2n) is 11.1. The fraction of sp³-hybridized carbons (Fsp3) is 0.394. The van der Waals surface area contributed by atoms with Crippen molar-refractivity contribution in [2.45, 2.75) is 83.3 Å². The van der Waals surface area contributed by atoms with Crippen LogP contribution in [0.15, 0.2) is 77.7 Å². The number of amides is 2. The number of sulfonamides is 1. The molecule has 0 spiro atoms. The van der Waals surface area contributed by atoms with E-state index >= 15 is 0 Å². The summed E-state index contributed by atoms with van der Waals surface area (Å²) in [6, 6.07) is 20.7. The maximum atomic E-state index is 14.2. The van der Waals surface area contributed by atoms with E-state index in [0.717, 1.165) is 47.9 Å². The summed E-state index contributed by atoms with van der Waals surface area (Å²) >= 11 is 0. The van der Waals surface area contributed by atoms with E-state index in [1.54, 1.807) is 37.3 Å². The zero-order valence-corrected chi connectivity index (χ0v) is 25.3. The Hall–Kier alpha value is -3.65. The fourth-order valence-electron chi connectivity index (χ4n) is 5.47. The Morgan fingerprint density at radius 2 is 1.49 bits per heavy atom. The second kappa shape index (κ2) is 13.3. The lowest BCUT2D eigenvalue weighted by atomic mass is 9.95. The number of nitrogens with zero attached hydrogens (tertiary/aromatic N) is 2. The molecule has 3 aromatic rings. The van der Waals surface area contributed by atoms with Gasteiger partial charge in [0.15, 0.2) is 0 Å². The van der Waals surface area contributed by atoms with E-state index in [4.69, 9.17) is 0 Å². The number of hydrogen-bond donors (Lipinski definition) is 1. The Morgan fingerprint density at radius 3 is 2.12 bits per heavy atom. The highest BCUT2D eigenvalue weighted by Crippen LogP contribution is 2.27. The van der Waals surface area contributed by atoms with E-state index in [2.05, 4.69) is 5.32 Å². The molecule has 0 aliphatic heterocycles. The van der Waals surface area contributed by atoms with Crippen LogP contribution in [0, 0.1) is 20.8 Å². The first-order valence-electron chi connectivity index (χ1n) is 14.4. The van der Waals surface area contributed by atoms with Crippen molar-refractivity contribution < 1.29 is 18.0 Å². The molecule has 0 heterocycles. The number of anilines is 1. The average molecular weight is 576 g/mol. The molecule has 0 aromatic heterocycles. The highest BCUT2D eigenvalue weighted by molar-refractivity contribution is 7.92. The van der Waals surface area contributed by atoms with Crippen molar-refractivity contribution in [1.82, 2.24) is 10.2 Å². The lowest BCUT2D eigenvalue weighted by molar-refractivity contribution is -0.139. The van der Waals surface area contributed by atoms with Gasteiger partial charge >= 0.3 is 0 Å². The van der Waals surface area contributed by atoms with Gasteiger partial charge in [0.2, 0.25) is 11.8 Å². The topological polar surface area (TPSA) is 86.8 Å². The molecule has 41 heavy (non-hydrogen) atoms. The molecule has 1 saturated carbocycles. The quantitative estimate of drug-likeness (QED) is 0.337. The van der Waals surface area contributed by atoms with Crippen molar-refractivity contribution >= 4 is 27.5 Å². The van der Waals surface area contributed by atoms with Gasteiger partial charge in [0.1, 0.15) is 12.6 Å². The van der Waals surface area contributed by atoms with Crippen LogP contribution in [0.1, 0.15) is 61.3 Å². The molecular formula is C33H41N3O4S. The van der Waals surface area contributed by atoms with Crippen LogP contribution < -0.4 is 9.62 Å². The number of rotatable bonds is 10. The predicted octanol–water partition coefficient (Wildman–Crippen LogP) is 5.67. The average Bonchev–Trinajstić information content (AvgIpc) is 2.95. The van der Waals surface area contributed by atoms with Crippen LogP contribution in [0.5, 0.6) is 0 Å². The maximum absolute atomic E-state index is 14.2. The Kier molecular flexibility index (Phi) is 9.86. The molecule has 0 radical (unpaired) electrons. The molecular weight excluding hydrogens is 534 g/mol. The summed E-state index contributed by atoms with van der Waals surface area (Å²) < 4.78 is 29.1. The predicted molar refractivity (Wildman–Crippen MR) is 163 cm³/mol. The Bertz CT molecular complexity index is 1450. The van der Waals surface area contributed by atoms with Gasteiger partial charge in [-0.2, -0.15) is 0 Å². The number of aryl methyl sites for hydroxylation is 3. The molecule has 0 saturated heterocycles. The van der Waals surface area contributed by atoms with E-state index in [9.17, 15) is 18.0 Å². The number of benzene rings is 3. The Morgan fingerprint density at radius 1 is 0.878 bits per heavy atom. The molecule has 1 aliphatic carbocycles. The zero-order chi connectivity index (χ0) is 29.6. The summed E-state index contributed by atoms with van der Waals surface area (Å²) in [5.41, 5.74) is 4.08. The van der Waals surface area contributed by atoms with Gasteiger partial charge in [-0.05, 0) is 87.1 Å². The van der Waals surface area contributed by atoms with Crippen molar-refractivity contribution in [1.29, 1.82) is 0 Å². The third-order valence-electron chi connectivity index (χ3n) is 7.83. The zero-order valence-electron chi connectivity index (χ0n) is 24.5. The van der Waals surface area contributed by atoms with Gasteiger partial charge in [-0.25, -0.2) is 8.42 Å². The van der Waals surface area contributed by atoms with Gasteiger partial charge in [-0.1, -0.05) is 67.8 Å². The highest BCUT2D eigenvalue weighted by atomic mass is 32.2. The van der Waals surface area contributed by atoms with Gasteiger partial charge < -0.3 is 10.2 Å². The van der Waals surface area contributed by atoms with Gasteiger partial charge in [-0.15, -0.1) is 0 Å². The molecule has 3 aromatic carbocycles. The van der Waals surface area contributed by atoms with Gasteiger partial charge in [0.25, 0.3) is 10.0 Å². The van der Waals surface area contributed by atoms with E-state index in [1.165, 1.54) is 27.8 Å². The molecule has 4 rings (SSSR count). The smallest absolute Gasteiger partial charge is 0.264 e. The first-order valence-corrected chi connectivity index (χ1v) is 15.8. The minimum absolute atomic E-state index is 0.0966. The molecule has 0 bridgehead atoms. The first-order chi connectivity index (χ1) is 19.6. The molecule has 1 unspecified atom stereocenters. The van der Waals surface area contributed by atoms with E-state index < -0.39 is 28.5 Å². The first kappa shape index (κ1) is 30.3.